The molecule has 6 nitrogen and oxygen atoms in total. The molecular weight excluding hydrogens is 465 g/mol. The highest BCUT2D eigenvalue weighted by Gasteiger charge is 2.27. The molecule has 0 saturated carbocycles. The van der Waals surface area contributed by atoms with Crippen molar-refractivity contribution < 1.29 is 14.3 Å². The number of halogens is 2. The van der Waals surface area contributed by atoms with E-state index >= 15 is 0 Å². The zero-order valence-electron chi connectivity index (χ0n) is 16.7. The number of hydrogen-bond donors (Lipinski definition) is 3. The number of urea groups is 1. The van der Waals surface area contributed by atoms with Gasteiger partial charge in [-0.05, 0) is 56.7 Å². The molecule has 0 atom stereocenters. The maximum absolute atomic E-state index is 12.6. The molecule has 2 amide bonds. The molecule has 1 aliphatic carbocycles. The normalized spacial score (nSPS) is 14.9. The molecule has 2 aliphatic rings. The summed E-state index contributed by atoms with van der Waals surface area (Å²) in [5, 5.41) is 9.71. The quantitative estimate of drug-likeness (QED) is 0.521. The first-order valence-electron chi connectivity index (χ1n) is 9.94. The molecule has 3 N–H and O–H groups in total. The fourth-order valence-electron chi connectivity index (χ4n) is 3.93. The summed E-state index contributed by atoms with van der Waals surface area (Å²) in [5.41, 5.74) is 3.81. The third-order valence-electron chi connectivity index (χ3n) is 5.29. The minimum Gasteiger partial charge on any atom is -0.462 e. The van der Waals surface area contributed by atoms with Gasteiger partial charge in [0.2, 0.25) is 0 Å². The number of ether oxygens (including phenoxy) is 1. The molecular formula is C20H25Cl2N3O3S2. The van der Waals surface area contributed by atoms with Gasteiger partial charge in [0.1, 0.15) is 5.00 Å². The number of amides is 2. The first-order chi connectivity index (χ1) is 14.1. The zero-order valence-corrected chi connectivity index (χ0v) is 19.9. The van der Waals surface area contributed by atoms with E-state index in [1.54, 1.807) is 18.3 Å². The van der Waals surface area contributed by atoms with Gasteiger partial charge in [-0.2, -0.15) is 0 Å². The highest BCUT2D eigenvalue weighted by Crippen LogP contribution is 2.39. The van der Waals surface area contributed by atoms with E-state index in [4.69, 9.17) is 16.3 Å². The zero-order chi connectivity index (χ0) is 20.4. The third-order valence-corrected chi connectivity index (χ3v) is 8.02. The fourth-order valence-corrected chi connectivity index (χ4v) is 6.72. The molecule has 164 valence electrons. The maximum Gasteiger partial charge on any atom is 0.341 e. The second kappa shape index (κ2) is 10.3. The van der Waals surface area contributed by atoms with E-state index in [0.717, 1.165) is 60.7 Å². The van der Waals surface area contributed by atoms with E-state index in [2.05, 4.69) is 16.0 Å². The highest BCUT2D eigenvalue weighted by atomic mass is 35.5. The molecule has 0 unspecified atom stereocenters. The van der Waals surface area contributed by atoms with Crippen LogP contribution in [0.3, 0.4) is 0 Å². The van der Waals surface area contributed by atoms with Gasteiger partial charge in [-0.25, -0.2) is 9.59 Å². The molecule has 2 aromatic heterocycles. The van der Waals surface area contributed by atoms with E-state index < -0.39 is 0 Å². The number of esters is 1. The summed E-state index contributed by atoms with van der Waals surface area (Å²) in [4.78, 5) is 27.6. The molecule has 4 rings (SSSR count). The van der Waals surface area contributed by atoms with E-state index in [9.17, 15) is 9.59 Å². The number of anilines is 1. The Hall–Kier alpha value is -1.32. The molecule has 0 radical (unpaired) electrons. The molecule has 10 heteroatoms. The Labute approximate surface area is 195 Å². The Morgan fingerprint density at radius 2 is 1.93 bits per heavy atom. The van der Waals surface area contributed by atoms with Crippen LogP contribution in [0.1, 0.15) is 56.6 Å². The van der Waals surface area contributed by atoms with Gasteiger partial charge in [0.15, 0.2) is 0 Å². The van der Waals surface area contributed by atoms with E-state index in [-0.39, 0.29) is 24.4 Å². The van der Waals surface area contributed by atoms with Crippen LogP contribution in [0.15, 0.2) is 0 Å². The Morgan fingerprint density at radius 1 is 1.13 bits per heavy atom. The molecule has 0 spiro atoms. The number of rotatable bonds is 5. The summed E-state index contributed by atoms with van der Waals surface area (Å²) in [6, 6.07) is -0.334. The number of thiophene rings is 2. The van der Waals surface area contributed by atoms with Crippen LogP contribution in [0.5, 0.6) is 0 Å². The largest absolute Gasteiger partial charge is 0.462 e. The van der Waals surface area contributed by atoms with Crippen molar-refractivity contribution in [3.05, 3.63) is 36.3 Å². The predicted octanol–water partition coefficient (Wildman–Crippen LogP) is 4.91. The topological polar surface area (TPSA) is 79.5 Å². The minimum atomic E-state index is -0.357. The molecule has 0 fully saturated rings. The van der Waals surface area contributed by atoms with Gasteiger partial charge >= 0.3 is 12.0 Å². The summed E-state index contributed by atoms with van der Waals surface area (Å²) in [7, 11) is 0. The molecule has 2 aromatic rings. The number of nitrogens with one attached hydrogen (secondary N) is 3. The first-order valence-corrected chi connectivity index (χ1v) is 12.0. The highest BCUT2D eigenvalue weighted by molar-refractivity contribution is 7.17. The smallest absolute Gasteiger partial charge is 0.341 e. The summed E-state index contributed by atoms with van der Waals surface area (Å²) >= 11 is 9.47. The van der Waals surface area contributed by atoms with Crippen molar-refractivity contribution in [2.75, 3.05) is 18.5 Å². The average molecular weight is 490 g/mol. The van der Waals surface area contributed by atoms with Gasteiger partial charge in [-0.1, -0.05) is 11.6 Å². The van der Waals surface area contributed by atoms with Crippen molar-refractivity contribution >= 4 is 63.7 Å². The Kier molecular flexibility index (Phi) is 8.04. The van der Waals surface area contributed by atoms with Crippen LogP contribution < -0.4 is 16.0 Å². The standard InChI is InChI=1S/C20H24ClN3O3S2.ClH/c1-2-27-19(25)16-12-5-3-4-6-14(12)29-18(16)24-20(26)23-9-13-11-7-8-22-10-15(11)28-17(13)21;/h22H,2-10H2,1H3,(H2,23,24,26);1H. The molecule has 3 heterocycles. The second-order valence-electron chi connectivity index (χ2n) is 7.13. The van der Waals surface area contributed by atoms with Gasteiger partial charge in [-0.3, -0.25) is 5.32 Å². The van der Waals surface area contributed by atoms with Crippen molar-refractivity contribution in [2.24, 2.45) is 0 Å². The van der Waals surface area contributed by atoms with Crippen molar-refractivity contribution in [1.82, 2.24) is 10.6 Å². The minimum absolute atomic E-state index is 0. The molecule has 0 bridgehead atoms. The second-order valence-corrected chi connectivity index (χ2v) is 9.94. The van der Waals surface area contributed by atoms with Gasteiger partial charge in [-0.15, -0.1) is 35.1 Å². The first kappa shape index (κ1) is 23.3. The maximum atomic E-state index is 12.6. The summed E-state index contributed by atoms with van der Waals surface area (Å²) in [5.74, 6) is -0.357. The van der Waals surface area contributed by atoms with Crippen LogP contribution in [0.4, 0.5) is 9.80 Å². The SMILES string of the molecule is CCOC(=O)c1c(NC(=O)NCc2c(Cl)sc3c2CCNC3)sc2c1CCCC2.Cl. The van der Waals surface area contributed by atoms with Crippen molar-refractivity contribution in [3.8, 4) is 0 Å². The van der Waals surface area contributed by atoms with E-state index in [0.29, 0.717) is 23.7 Å². The summed E-state index contributed by atoms with van der Waals surface area (Å²) in [6.45, 7) is 4.22. The number of carbonyl (C=O) groups excluding carboxylic acids is 2. The van der Waals surface area contributed by atoms with Crippen LogP contribution in [0.25, 0.3) is 0 Å². The van der Waals surface area contributed by atoms with Gasteiger partial charge in [0, 0.05) is 28.4 Å². The number of hydrogen-bond acceptors (Lipinski definition) is 6. The van der Waals surface area contributed by atoms with Crippen LogP contribution in [0, 0.1) is 0 Å². The molecule has 1 aliphatic heterocycles. The molecule has 0 saturated heterocycles. The lowest BCUT2D eigenvalue weighted by Crippen LogP contribution is -2.29. The van der Waals surface area contributed by atoms with Gasteiger partial charge < -0.3 is 15.4 Å². The Balaban J connectivity index is 0.00000256. The van der Waals surface area contributed by atoms with Gasteiger partial charge in [0.05, 0.1) is 16.5 Å². The van der Waals surface area contributed by atoms with E-state index in [1.807, 2.05) is 0 Å². The average Bonchev–Trinajstić information content (AvgIpc) is 3.22. The lowest BCUT2D eigenvalue weighted by Gasteiger charge is -2.15. The third kappa shape index (κ3) is 4.78. The number of aryl methyl sites for hydroxylation is 1. The lowest BCUT2D eigenvalue weighted by molar-refractivity contribution is 0.0526. The summed E-state index contributed by atoms with van der Waals surface area (Å²) < 4.78 is 5.98. The van der Waals surface area contributed by atoms with Crippen LogP contribution >= 0.6 is 46.7 Å². The van der Waals surface area contributed by atoms with Crippen molar-refractivity contribution in [1.29, 1.82) is 0 Å². The fraction of sp³-hybridized carbons (Fsp3) is 0.500. The van der Waals surface area contributed by atoms with Crippen molar-refractivity contribution in [2.45, 2.75) is 52.1 Å². The van der Waals surface area contributed by atoms with E-state index in [1.165, 1.54) is 26.7 Å². The van der Waals surface area contributed by atoms with Crippen molar-refractivity contribution in [3.63, 3.8) is 0 Å². The Bertz CT molecular complexity index is 942. The summed E-state index contributed by atoms with van der Waals surface area (Å²) in [6.07, 6.45) is 4.88. The van der Waals surface area contributed by atoms with Gasteiger partial charge in [0.25, 0.3) is 0 Å². The Morgan fingerprint density at radius 3 is 2.73 bits per heavy atom. The van der Waals surface area contributed by atoms with Crippen LogP contribution in [-0.2, 0) is 37.1 Å². The lowest BCUT2D eigenvalue weighted by atomic mass is 9.95. The monoisotopic (exact) mass is 489 g/mol. The number of carbonyl (C=O) groups is 2. The van der Waals surface area contributed by atoms with Crippen LogP contribution in [-0.4, -0.2) is 25.2 Å². The van der Waals surface area contributed by atoms with Crippen LogP contribution in [0.2, 0.25) is 4.34 Å². The number of fused-ring (bicyclic) bond motifs is 2. The molecule has 0 aromatic carbocycles. The predicted molar refractivity (Wildman–Crippen MR) is 125 cm³/mol. The molecule has 30 heavy (non-hydrogen) atoms.